The molecule has 1 aromatic heterocycles. The molecule has 0 aliphatic carbocycles. The molecule has 8 heteroatoms. The maximum absolute atomic E-state index is 13.2. The highest BCUT2D eigenvalue weighted by molar-refractivity contribution is 6.01. The Morgan fingerprint density at radius 3 is 2.44 bits per heavy atom. The van der Waals surface area contributed by atoms with E-state index in [1.807, 2.05) is 0 Å². The summed E-state index contributed by atoms with van der Waals surface area (Å²) in [6.45, 7) is 6.33. The standard InChI is InChI=1S/C24H33N7O/c1-2-3-9-27-23(26)22-21(28-16-25)8-10-31(24(22)32)13-18-6-4-17(5-7-18)12-30-14-19-11-20(15-30)29-19/h4-8,10,16,19-20,29H,2-3,9,11-15H2,1H3,(H2,25,28)(H2,26,27). The number of aliphatic imine (C=N–C) groups is 2. The van der Waals surface area contributed by atoms with Crippen LogP contribution in [0.1, 0.15) is 42.9 Å². The first kappa shape index (κ1) is 22.2. The van der Waals surface area contributed by atoms with Crippen molar-refractivity contribution in [2.24, 2.45) is 21.5 Å². The number of hydrogen-bond acceptors (Lipinski definition) is 5. The molecular formula is C24H33N7O. The van der Waals surface area contributed by atoms with Crippen molar-refractivity contribution in [1.29, 1.82) is 0 Å². The Balaban J connectivity index is 1.49. The third kappa shape index (κ3) is 5.08. The van der Waals surface area contributed by atoms with Crippen molar-refractivity contribution >= 4 is 17.9 Å². The lowest BCUT2D eigenvalue weighted by Crippen LogP contribution is -2.66. The normalized spacial score (nSPS) is 21.1. The Labute approximate surface area is 189 Å². The molecule has 0 spiro atoms. The van der Waals surface area contributed by atoms with E-state index in [1.165, 1.54) is 18.3 Å². The zero-order chi connectivity index (χ0) is 22.5. The molecule has 2 atom stereocenters. The maximum atomic E-state index is 13.2. The van der Waals surface area contributed by atoms with Crippen LogP contribution in [0.2, 0.25) is 0 Å². The predicted octanol–water partition coefficient (Wildman–Crippen LogP) is 1.57. The molecule has 3 aliphatic rings. The number of pyridine rings is 1. The average molecular weight is 436 g/mol. The molecule has 5 rings (SSSR count). The number of nitrogens with zero attached hydrogens (tertiary/aromatic N) is 4. The summed E-state index contributed by atoms with van der Waals surface area (Å²) in [7, 11) is 0. The molecule has 2 bridgehead atoms. The van der Waals surface area contributed by atoms with Crippen LogP contribution in [0.25, 0.3) is 0 Å². The molecule has 170 valence electrons. The Bertz CT molecular complexity index is 1030. The SMILES string of the molecule is CCCCN=C(N)c1c(N=CN)ccn(Cc2ccc(CN3CC4CC(C3)N4)cc2)c1=O. The monoisotopic (exact) mass is 435 g/mol. The van der Waals surface area contributed by atoms with Gasteiger partial charge in [-0.05, 0) is 30.0 Å². The first-order valence-electron chi connectivity index (χ1n) is 11.4. The fourth-order valence-corrected chi connectivity index (χ4v) is 4.49. The largest absolute Gasteiger partial charge is 0.390 e. The van der Waals surface area contributed by atoms with Gasteiger partial charge in [-0.25, -0.2) is 4.99 Å². The van der Waals surface area contributed by atoms with Crippen LogP contribution in [0, 0.1) is 0 Å². The van der Waals surface area contributed by atoms with E-state index in [-0.39, 0.29) is 11.4 Å². The number of nitrogens with one attached hydrogen (secondary N) is 1. The zero-order valence-electron chi connectivity index (χ0n) is 18.7. The van der Waals surface area contributed by atoms with Crippen LogP contribution < -0.4 is 22.3 Å². The molecule has 3 saturated heterocycles. The number of hydrogen-bond donors (Lipinski definition) is 3. The number of piperazine rings is 1. The zero-order valence-corrected chi connectivity index (χ0v) is 18.7. The molecule has 8 nitrogen and oxygen atoms in total. The van der Waals surface area contributed by atoms with Gasteiger partial charge in [0.05, 0.1) is 18.6 Å². The average Bonchev–Trinajstić information content (AvgIpc) is 2.77. The van der Waals surface area contributed by atoms with Crippen molar-refractivity contribution in [1.82, 2.24) is 14.8 Å². The minimum Gasteiger partial charge on any atom is -0.390 e. The summed E-state index contributed by atoms with van der Waals surface area (Å²) in [5, 5.41) is 3.57. The van der Waals surface area contributed by atoms with Crippen LogP contribution in [-0.2, 0) is 13.1 Å². The minimum atomic E-state index is -0.213. The number of benzene rings is 1. The number of amidine groups is 1. The van der Waals surface area contributed by atoms with E-state index in [9.17, 15) is 4.79 Å². The van der Waals surface area contributed by atoms with Gasteiger partial charge in [-0.1, -0.05) is 37.6 Å². The second kappa shape index (κ2) is 10.1. The molecule has 0 saturated carbocycles. The lowest BCUT2D eigenvalue weighted by Gasteiger charge is -2.48. The maximum Gasteiger partial charge on any atom is 0.264 e. The van der Waals surface area contributed by atoms with Crippen LogP contribution in [0.4, 0.5) is 5.69 Å². The number of fused-ring (bicyclic) bond motifs is 2. The first-order chi connectivity index (χ1) is 15.6. The summed E-state index contributed by atoms with van der Waals surface area (Å²) in [4.78, 5) is 24.2. The molecule has 2 unspecified atom stereocenters. The second-order valence-corrected chi connectivity index (χ2v) is 8.71. The Morgan fingerprint density at radius 2 is 1.81 bits per heavy atom. The van der Waals surface area contributed by atoms with Crippen molar-refractivity contribution in [2.45, 2.75) is 51.4 Å². The van der Waals surface area contributed by atoms with E-state index in [2.05, 4.69) is 51.4 Å². The van der Waals surface area contributed by atoms with Gasteiger partial charge in [0.15, 0.2) is 0 Å². The molecule has 0 amide bonds. The van der Waals surface area contributed by atoms with Gasteiger partial charge in [0.2, 0.25) is 0 Å². The molecule has 4 heterocycles. The van der Waals surface area contributed by atoms with Gasteiger partial charge >= 0.3 is 0 Å². The Kier molecular flexibility index (Phi) is 7.02. The van der Waals surface area contributed by atoms with Crippen molar-refractivity contribution in [3.05, 3.63) is 63.6 Å². The van der Waals surface area contributed by atoms with Crippen molar-refractivity contribution in [3.8, 4) is 0 Å². The van der Waals surface area contributed by atoms with E-state index < -0.39 is 0 Å². The van der Waals surface area contributed by atoms with Crippen molar-refractivity contribution < 1.29 is 0 Å². The fourth-order valence-electron chi connectivity index (χ4n) is 4.49. The lowest BCUT2D eigenvalue weighted by molar-refractivity contribution is 0.0726. The molecule has 1 aromatic carbocycles. The molecule has 5 N–H and O–H groups in total. The van der Waals surface area contributed by atoms with Gasteiger partial charge in [-0.3, -0.25) is 14.7 Å². The summed E-state index contributed by atoms with van der Waals surface area (Å²) in [5.41, 5.74) is 14.5. The summed E-state index contributed by atoms with van der Waals surface area (Å²) < 4.78 is 1.64. The van der Waals surface area contributed by atoms with Crippen LogP contribution in [0.15, 0.2) is 51.3 Å². The lowest BCUT2D eigenvalue weighted by atomic mass is 9.91. The highest BCUT2D eigenvalue weighted by Gasteiger charge is 2.36. The van der Waals surface area contributed by atoms with Crippen LogP contribution >= 0.6 is 0 Å². The third-order valence-corrected chi connectivity index (χ3v) is 6.19. The number of nitrogens with two attached hydrogens (primary N) is 2. The number of rotatable bonds is 9. The van der Waals surface area contributed by atoms with Crippen LogP contribution in [0.3, 0.4) is 0 Å². The summed E-state index contributed by atoms with van der Waals surface area (Å²) >= 11 is 0. The van der Waals surface area contributed by atoms with Gasteiger partial charge in [-0.2, -0.15) is 0 Å². The van der Waals surface area contributed by atoms with E-state index in [0.717, 1.165) is 38.0 Å². The van der Waals surface area contributed by atoms with E-state index in [1.54, 1.807) is 16.8 Å². The highest BCUT2D eigenvalue weighted by atomic mass is 16.1. The fraction of sp³-hybridized carbons (Fsp3) is 0.458. The van der Waals surface area contributed by atoms with Gasteiger partial charge in [0.25, 0.3) is 5.56 Å². The molecule has 2 aromatic rings. The van der Waals surface area contributed by atoms with Gasteiger partial charge in [0.1, 0.15) is 11.4 Å². The number of aromatic nitrogens is 1. The van der Waals surface area contributed by atoms with E-state index >= 15 is 0 Å². The van der Waals surface area contributed by atoms with E-state index in [0.29, 0.717) is 36.4 Å². The smallest absolute Gasteiger partial charge is 0.264 e. The quantitative estimate of drug-likeness (QED) is 0.314. The predicted molar refractivity (Wildman–Crippen MR) is 130 cm³/mol. The number of piperidine rings is 1. The molecule has 3 aliphatic heterocycles. The van der Waals surface area contributed by atoms with Gasteiger partial charge in [0, 0.05) is 44.5 Å². The number of unbranched alkanes of at least 4 members (excludes halogenated alkanes) is 1. The summed E-state index contributed by atoms with van der Waals surface area (Å²) in [6.07, 6.45) is 6.14. The van der Waals surface area contributed by atoms with Crippen LogP contribution in [0.5, 0.6) is 0 Å². The highest BCUT2D eigenvalue weighted by Crippen LogP contribution is 2.22. The Morgan fingerprint density at radius 1 is 1.16 bits per heavy atom. The summed E-state index contributed by atoms with van der Waals surface area (Å²) in [5.74, 6) is 0.211. The first-order valence-corrected chi connectivity index (χ1v) is 11.4. The second-order valence-electron chi connectivity index (χ2n) is 8.71. The molecule has 0 radical (unpaired) electrons. The van der Waals surface area contributed by atoms with Gasteiger partial charge in [-0.15, -0.1) is 0 Å². The van der Waals surface area contributed by atoms with Gasteiger partial charge < -0.3 is 21.4 Å². The van der Waals surface area contributed by atoms with Crippen LogP contribution in [-0.4, -0.2) is 53.4 Å². The molecule has 32 heavy (non-hydrogen) atoms. The Hall–Kier alpha value is -2.97. The van der Waals surface area contributed by atoms with Crippen molar-refractivity contribution in [2.75, 3.05) is 19.6 Å². The third-order valence-electron chi connectivity index (χ3n) is 6.19. The van der Waals surface area contributed by atoms with E-state index in [4.69, 9.17) is 11.5 Å². The summed E-state index contributed by atoms with van der Waals surface area (Å²) in [6, 6.07) is 11.6. The minimum absolute atomic E-state index is 0.211. The molecule has 3 fully saturated rings. The molecular weight excluding hydrogens is 402 g/mol. The van der Waals surface area contributed by atoms with Crippen molar-refractivity contribution in [3.63, 3.8) is 0 Å². The topological polar surface area (TPSA) is 114 Å².